The third kappa shape index (κ3) is 5.66. The zero-order chi connectivity index (χ0) is 22.2. The van der Waals surface area contributed by atoms with Crippen LogP contribution in [0.1, 0.15) is 28.8 Å². The van der Waals surface area contributed by atoms with Crippen LogP contribution >= 0.6 is 0 Å². The molecule has 0 aliphatic carbocycles. The van der Waals surface area contributed by atoms with Crippen LogP contribution in [0.15, 0.2) is 84.9 Å². The molecule has 0 aromatic heterocycles. The van der Waals surface area contributed by atoms with Gasteiger partial charge in [0.15, 0.2) is 0 Å². The fourth-order valence-corrected chi connectivity index (χ4v) is 3.87. The van der Waals surface area contributed by atoms with Crippen LogP contribution < -0.4 is 15.5 Å². The maximum Gasteiger partial charge on any atom is 0.315 e. The molecule has 1 unspecified atom stereocenters. The number of anilines is 1. The average molecular weight is 432 g/mol. The Labute approximate surface area is 188 Å². The summed E-state index contributed by atoms with van der Waals surface area (Å²) in [7, 11) is 0. The lowest BCUT2D eigenvalue weighted by Gasteiger charge is -2.29. The largest absolute Gasteiger partial charge is 0.387 e. The molecule has 3 N–H and O–H groups in total. The topological polar surface area (TPSA) is 73.8 Å². The number of benzene rings is 3. The molecule has 166 valence electrons. The van der Waals surface area contributed by atoms with E-state index in [4.69, 9.17) is 4.74 Å². The van der Waals surface area contributed by atoms with E-state index in [0.29, 0.717) is 0 Å². The van der Waals surface area contributed by atoms with Crippen LogP contribution in [0.25, 0.3) is 0 Å². The van der Waals surface area contributed by atoms with Gasteiger partial charge in [-0.2, -0.15) is 0 Å². The van der Waals surface area contributed by atoms with Gasteiger partial charge in [0.2, 0.25) is 0 Å². The fourth-order valence-electron chi connectivity index (χ4n) is 3.87. The van der Waals surface area contributed by atoms with Gasteiger partial charge < -0.3 is 25.4 Å². The highest BCUT2D eigenvalue weighted by Crippen LogP contribution is 2.22. The molecule has 0 saturated carbocycles. The Kier molecular flexibility index (Phi) is 7.38. The van der Waals surface area contributed by atoms with Crippen molar-refractivity contribution >= 4 is 11.7 Å². The van der Waals surface area contributed by atoms with Crippen molar-refractivity contribution in [2.75, 3.05) is 37.7 Å². The predicted molar refractivity (Wildman–Crippen MR) is 126 cm³/mol. The molecule has 6 heteroatoms. The van der Waals surface area contributed by atoms with Crippen molar-refractivity contribution in [1.82, 2.24) is 10.6 Å². The second-order valence-electron chi connectivity index (χ2n) is 7.82. The number of carbonyl (C=O) groups excluding carboxylic acids is 1. The van der Waals surface area contributed by atoms with Crippen LogP contribution in [0.5, 0.6) is 0 Å². The molecule has 0 radical (unpaired) electrons. The third-order valence-corrected chi connectivity index (χ3v) is 5.65. The molecule has 1 fully saturated rings. The minimum atomic E-state index is -0.786. The second kappa shape index (κ2) is 10.8. The first kappa shape index (κ1) is 21.9. The number of urea groups is 1. The Morgan fingerprint density at radius 1 is 0.844 bits per heavy atom. The van der Waals surface area contributed by atoms with Crippen molar-refractivity contribution < 1.29 is 14.6 Å². The molecule has 3 aromatic carbocycles. The molecule has 0 spiro atoms. The van der Waals surface area contributed by atoms with E-state index in [2.05, 4.69) is 15.5 Å². The molecule has 1 atom stereocenters. The van der Waals surface area contributed by atoms with Gasteiger partial charge >= 0.3 is 6.03 Å². The SMILES string of the molecule is O=C(NCC(O)c1ccc(N2CCOCC2)cc1)NC(c1ccccc1)c1ccccc1. The summed E-state index contributed by atoms with van der Waals surface area (Å²) < 4.78 is 5.39. The van der Waals surface area contributed by atoms with Crippen molar-refractivity contribution in [3.63, 3.8) is 0 Å². The highest BCUT2D eigenvalue weighted by atomic mass is 16.5. The molecule has 1 heterocycles. The summed E-state index contributed by atoms with van der Waals surface area (Å²) in [4.78, 5) is 14.9. The lowest BCUT2D eigenvalue weighted by atomic mass is 9.99. The Balaban J connectivity index is 1.35. The number of aliphatic hydroxyl groups is 1. The lowest BCUT2D eigenvalue weighted by molar-refractivity contribution is 0.122. The number of hydrogen-bond acceptors (Lipinski definition) is 4. The Morgan fingerprint density at radius 3 is 1.97 bits per heavy atom. The molecule has 32 heavy (non-hydrogen) atoms. The van der Waals surface area contributed by atoms with Crippen molar-refractivity contribution in [1.29, 1.82) is 0 Å². The van der Waals surface area contributed by atoms with Crippen molar-refractivity contribution in [3.05, 3.63) is 102 Å². The standard InChI is InChI=1S/C26H29N3O3/c30-24(20-11-13-23(14-12-20)29-15-17-32-18-16-29)19-27-26(31)28-25(21-7-3-1-4-8-21)22-9-5-2-6-10-22/h1-14,24-25,30H,15-19H2,(H2,27,28,31). The smallest absolute Gasteiger partial charge is 0.315 e. The molecule has 3 aromatic rings. The molecule has 6 nitrogen and oxygen atoms in total. The van der Waals surface area contributed by atoms with Gasteiger partial charge in [0.05, 0.1) is 25.4 Å². The Bertz CT molecular complexity index is 935. The van der Waals surface area contributed by atoms with Crippen LogP contribution in [0, 0.1) is 0 Å². The Hall–Kier alpha value is -3.35. The maximum absolute atomic E-state index is 12.6. The molecule has 1 aliphatic rings. The quantitative estimate of drug-likeness (QED) is 0.534. The molecule has 0 bridgehead atoms. The summed E-state index contributed by atoms with van der Waals surface area (Å²) in [5, 5.41) is 16.4. The minimum Gasteiger partial charge on any atom is -0.387 e. The van der Waals surface area contributed by atoms with Crippen LogP contribution in [0.2, 0.25) is 0 Å². The van der Waals surface area contributed by atoms with Gasteiger partial charge in [-0.3, -0.25) is 0 Å². The van der Waals surface area contributed by atoms with Gasteiger partial charge in [-0.1, -0.05) is 72.8 Å². The monoisotopic (exact) mass is 431 g/mol. The average Bonchev–Trinajstić information content (AvgIpc) is 2.87. The van der Waals surface area contributed by atoms with Crippen LogP contribution in [-0.2, 0) is 4.74 Å². The van der Waals surface area contributed by atoms with Crippen molar-refractivity contribution in [2.45, 2.75) is 12.1 Å². The number of nitrogens with zero attached hydrogens (tertiary/aromatic N) is 1. The third-order valence-electron chi connectivity index (χ3n) is 5.65. The van der Waals surface area contributed by atoms with Gasteiger partial charge in [0.1, 0.15) is 0 Å². The fraction of sp³-hybridized carbons (Fsp3) is 0.269. The number of morpholine rings is 1. The van der Waals surface area contributed by atoms with Crippen LogP contribution in [-0.4, -0.2) is 44.0 Å². The summed E-state index contributed by atoms with van der Waals surface area (Å²) in [6, 6.07) is 26.9. The minimum absolute atomic E-state index is 0.124. The zero-order valence-corrected chi connectivity index (χ0v) is 18.0. The van der Waals surface area contributed by atoms with Gasteiger partial charge in [-0.15, -0.1) is 0 Å². The van der Waals surface area contributed by atoms with Crippen molar-refractivity contribution in [3.8, 4) is 0 Å². The van der Waals surface area contributed by atoms with Gasteiger partial charge in [-0.25, -0.2) is 4.79 Å². The summed E-state index contributed by atoms with van der Waals surface area (Å²) in [6.45, 7) is 3.33. The van der Waals surface area contributed by atoms with E-state index in [0.717, 1.165) is 48.7 Å². The van der Waals surface area contributed by atoms with E-state index in [1.54, 1.807) is 0 Å². The van der Waals surface area contributed by atoms with E-state index in [1.165, 1.54) is 0 Å². The summed E-state index contributed by atoms with van der Waals surface area (Å²) in [6.07, 6.45) is -0.786. The van der Waals surface area contributed by atoms with Gasteiger partial charge in [0.25, 0.3) is 0 Å². The molecular weight excluding hydrogens is 402 g/mol. The second-order valence-corrected chi connectivity index (χ2v) is 7.82. The normalized spacial score (nSPS) is 14.8. The van der Waals surface area contributed by atoms with E-state index in [9.17, 15) is 9.90 Å². The molecule has 1 saturated heterocycles. The Morgan fingerprint density at radius 2 is 1.41 bits per heavy atom. The predicted octanol–water partition coefficient (Wildman–Crippen LogP) is 3.65. The first-order valence-electron chi connectivity index (χ1n) is 11.0. The molecular formula is C26H29N3O3. The number of hydrogen-bond donors (Lipinski definition) is 3. The van der Waals surface area contributed by atoms with E-state index in [1.807, 2.05) is 84.9 Å². The van der Waals surface area contributed by atoms with E-state index >= 15 is 0 Å². The van der Waals surface area contributed by atoms with E-state index in [-0.39, 0.29) is 18.6 Å². The van der Waals surface area contributed by atoms with Crippen LogP contribution in [0.4, 0.5) is 10.5 Å². The van der Waals surface area contributed by atoms with Crippen LogP contribution in [0.3, 0.4) is 0 Å². The highest BCUT2D eigenvalue weighted by Gasteiger charge is 2.18. The van der Waals surface area contributed by atoms with E-state index < -0.39 is 6.10 Å². The maximum atomic E-state index is 12.6. The lowest BCUT2D eigenvalue weighted by Crippen LogP contribution is -2.40. The first-order valence-corrected chi connectivity index (χ1v) is 11.0. The number of ether oxygens (including phenoxy) is 1. The first-order chi connectivity index (χ1) is 15.7. The molecule has 1 aliphatic heterocycles. The summed E-state index contributed by atoms with van der Waals surface area (Å²) >= 11 is 0. The molecule has 4 rings (SSSR count). The highest BCUT2D eigenvalue weighted by molar-refractivity contribution is 5.75. The number of nitrogens with one attached hydrogen (secondary N) is 2. The summed E-state index contributed by atoms with van der Waals surface area (Å²) in [5.74, 6) is 0. The van der Waals surface area contributed by atoms with Gasteiger partial charge in [0, 0.05) is 25.3 Å². The van der Waals surface area contributed by atoms with Gasteiger partial charge in [-0.05, 0) is 28.8 Å². The number of rotatable bonds is 7. The molecule has 2 amide bonds. The zero-order valence-electron chi connectivity index (χ0n) is 18.0. The van der Waals surface area contributed by atoms with Crippen molar-refractivity contribution in [2.24, 2.45) is 0 Å². The number of aliphatic hydroxyl groups excluding tert-OH is 1. The number of carbonyl (C=O) groups is 1. The summed E-state index contributed by atoms with van der Waals surface area (Å²) in [5.41, 5.74) is 3.87. The number of amides is 2.